The highest BCUT2D eigenvalue weighted by molar-refractivity contribution is 5.94. The van der Waals surface area contributed by atoms with E-state index in [4.69, 9.17) is 0 Å². The molecule has 1 atom stereocenters. The van der Waals surface area contributed by atoms with Crippen LogP contribution in [0.5, 0.6) is 0 Å². The van der Waals surface area contributed by atoms with E-state index in [0.717, 1.165) is 17.8 Å². The minimum Gasteiger partial charge on any atom is -0.387 e. The minimum absolute atomic E-state index is 0.101. The molecule has 0 heterocycles. The van der Waals surface area contributed by atoms with Gasteiger partial charge in [-0.1, -0.05) is 18.2 Å². The Hall–Kier alpha value is -2.54. The van der Waals surface area contributed by atoms with Crippen LogP contribution in [0.1, 0.15) is 27.6 Å². The van der Waals surface area contributed by atoms with Crippen molar-refractivity contribution in [3.63, 3.8) is 0 Å². The molecular formula is C18H19F3N2O2. The molecule has 1 unspecified atom stereocenters. The van der Waals surface area contributed by atoms with E-state index in [1.165, 1.54) is 12.1 Å². The summed E-state index contributed by atoms with van der Waals surface area (Å²) in [6.07, 6.45) is -5.46. The van der Waals surface area contributed by atoms with Crippen molar-refractivity contribution in [2.45, 2.75) is 12.3 Å². The van der Waals surface area contributed by atoms with Crippen molar-refractivity contribution in [2.75, 3.05) is 25.5 Å². The number of hydrogen-bond donors (Lipinski definition) is 2. The van der Waals surface area contributed by atoms with Gasteiger partial charge >= 0.3 is 6.18 Å². The van der Waals surface area contributed by atoms with E-state index in [1.807, 2.05) is 31.1 Å². The largest absolute Gasteiger partial charge is 0.416 e. The third-order valence-electron chi connectivity index (χ3n) is 3.70. The van der Waals surface area contributed by atoms with E-state index in [1.54, 1.807) is 12.1 Å². The van der Waals surface area contributed by atoms with Crippen LogP contribution in [0.3, 0.4) is 0 Å². The van der Waals surface area contributed by atoms with Crippen molar-refractivity contribution in [1.82, 2.24) is 5.32 Å². The monoisotopic (exact) mass is 352 g/mol. The SMILES string of the molecule is CN(C)c1ccc(C(O)CNC(=O)c2cccc(C(F)(F)F)c2)cc1. The quantitative estimate of drug-likeness (QED) is 0.869. The van der Waals surface area contributed by atoms with E-state index < -0.39 is 23.8 Å². The second-order valence-corrected chi connectivity index (χ2v) is 5.79. The number of anilines is 1. The lowest BCUT2D eigenvalue weighted by molar-refractivity contribution is -0.137. The van der Waals surface area contributed by atoms with Gasteiger partial charge in [0, 0.05) is 31.9 Å². The molecule has 4 nitrogen and oxygen atoms in total. The summed E-state index contributed by atoms with van der Waals surface area (Å²) in [6, 6.07) is 11.3. The number of benzene rings is 2. The van der Waals surface area contributed by atoms with E-state index in [9.17, 15) is 23.1 Å². The van der Waals surface area contributed by atoms with Gasteiger partial charge in [-0.25, -0.2) is 0 Å². The van der Waals surface area contributed by atoms with Gasteiger partial charge in [-0.3, -0.25) is 4.79 Å². The van der Waals surface area contributed by atoms with Crippen molar-refractivity contribution in [2.24, 2.45) is 0 Å². The van der Waals surface area contributed by atoms with Gasteiger partial charge in [-0.05, 0) is 35.9 Å². The topological polar surface area (TPSA) is 52.6 Å². The summed E-state index contributed by atoms with van der Waals surface area (Å²) in [7, 11) is 3.78. The van der Waals surface area contributed by atoms with Gasteiger partial charge < -0.3 is 15.3 Å². The summed E-state index contributed by atoms with van der Waals surface area (Å²) >= 11 is 0. The predicted octanol–water partition coefficient (Wildman–Crippen LogP) is 3.23. The Kier molecular flexibility index (Phi) is 5.69. The maximum atomic E-state index is 12.7. The summed E-state index contributed by atoms with van der Waals surface area (Å²) in [5.41, 5.74) is 0.573. The number of carbonyl (C=O) groups excluding carboxylic acids is 1. The number of carbonyl (C=O) groups is 1. The van der Waals surface area contributed by atoms with Crippen molar-refractivity contribution in [1.29, 1.82) is 0 Å². The van der Waals surface area contributed by atoms with Gasteiger partial charge in [0.05, 0.1) is 11.7 Å². The average Bonchev–Trinajstić information content (AvgIpc) is 2.58. The zero-order valence-corrected chi connectivity index (χ0v) is 13.8. The van der Waals surface area contributed by atoms with Crippen LogP contribution in [0.2, 0.25) is 0 Å². The lowest BCUT2D eigenvalue weighted by Crippen LogP contribution is -2.28. The van der Waals surface area contributed by atoms with Crippen LogP contribution in [0.4, 0.5) is 18.9 Å². The standard InChI is InChI=1S/C18H19F3N2O2/c1-23(2)15-8-6-12(7-9-15)16(24)11-22-17(25)13-4-3-5-14(10-13)18(19,20)21/h3-10,16,24H,11H2,1-2H3,(H,22,25). The summed E-state index contributed by atoms with van der Waals surface area (Å²) in [5.74, 6) is -0.671. The van der Waals surface area contributed by atoms with Crippen molar-refractivity contribution in [3.8, 4) is 0 Å². The fraction of sp³-hybridized carbons (Fsp3) is 0.278. The first kappa shape index (κ1) is 18.8. The second kappa shape index (κ2) is 7.57. The second-order valence-electron chi connectivity index (χ2n) is 5.79. The van der Waals surface area contributed by atoms with Gasteiger partial charge in [0.15, 0.2) is 0 Å². The third-order valence-corrected chi connectivity index (χ3v) is 3.70. The first-order valence-electron chi connectivity index (χ1n) is 7.59. The highest BCUT2D eigenvalue weighted by Crippen LogP contribution is 2.29. The molecule has 0 saturated heterocycles. The van der Waals surface area contributed by atoms with Crippen LogP contribution in [-0.2, 0) is 6.18 Å². The third kappa shape index (κ3) is 4.96. The number of alkyl halides is 3. The number of aliphatic hydroxyl groups is 1. The maximum absolute atomic E-state index is 12.7. The van der Waals surface area contributed by atoms with Crippen molar-refractivity contribution in [3.05, 3.63) is 65.2 Å². The Morgan fingerprint density at radius 2 is 1.80 bits per heavy atom. The number of nitrogens with zero attached hydrogens (tertiary/aromatic N) is 1. The van der Waals surface area contributed by atoms with E-state index in [0.29, 0.717) is 5.56 Å². The zero-order chi connectivity index (χ0) is 18.6. The fourth-order valence-corrected chi connectivity index (χ4v) is 2.24. The first-order valence-corrected chi connectivity index (χ1v) is 7.59. The number of nitrogens with one attached hydrogen (secondary N) is 1. The van der Waals surface area contributed by atoms with Gasteiger partial charge in [0.2, 0.25) is 0 Å². The molecule has 0 aliphatic rings. The Labute approximate surface area is 143 Å². The molecule has 2 N–H and O–H groups in total. The molecule has 25 heavy (non-hydrogen) atoms. The van der Waals surface area contributed by atoms with Gasteiger partial charge in [0.1, 0.15) is 0 Å². The molecule has 1 amide bonds. The number of halogens is 3. The number of rotatable bonds is 5. The van der Waals surface area contributed by atoms with Gasteiger partial charge in [0.25, 0.3) is 5.91 Å². The van der Waals surface area contributed by atoms with Gasteiger partial charge in [-0.15, -0.1) is 0 Å². The molecule has 0 fully saturated rings. The maximum Gasteiger partial charge on any atom is 0.416 e. The summed E-state index contributed by atoms with van der Waals surface area (Å²) in [4.78, 5) is 13.9. The molecule has 0 aromatic heterocycles. The number of hydrogen-bond acceptors (Lipinski definition) is 3. The Morgan fingerprint density at radius 3 is 2.36 bits per heavy atom. The summed E-state index contributed by atoms with van der Waals surface area (Å²) < 4.78 is 38.0. The normalized spacial score (nSPS) is 12.6. The zero-order valence-electron chi connectivity index (χ0n) is 13.8. The van der Waals surface area contributed by atoms with Crippen molar-refractivity contribution >= 4 is 11.6 Å². The summed E-state index contributed by atoms with van der Waals surface area (Å²) in [5, 5.41) is 12.6. The molecule has 0 radical (unpaired) electrons. The molecule has 0 bridgehead atoms. The Bertz CT molecular complexity index is 728. The highest BCUT2D eigenvalue weighted by Gasteiger charge is 2.30. The van der Waals surface area contributed by atoms with Crippen LogP contribution in [0.15, 0.2) is 48.5 Å². The molecule has 134 valence electrons. The van der Waals surface area contributed by atoms with Crippen LogP contribution < -0.4 is 10.2 Å². The lowest BCUT2D eigenvalue weighted by Gasteiger charge is -2.16. The Morgan fingerprint density at radius 1 is 1.16 bits per heavy atom. The summed E-state index contributed by atoms with van der Waals surface area (Å²) in [6.45, 7) is -0.101. The van der Waals surface area contributed by atoms with Crippen LogP contribution in [-0.4, -0.2) is 31.7 Å². The van der Waals surface area contributed by atoms with Crippen LogP contribution in [0.25, 0.3) is 0 Å². The smallest absolute Gasteiger partial charge is 0.387 e. The number of amides is 1. The van der Waals surface area contributed by atoms with Crippen LogP contribution in [0, 0.1) is 0 Å². The fourth-order valence-electron chi connectivity index (χ4n) is 2.24. The Balaban J connectivity index is 1.99. The first-order chi connectivity index (χ1) is 11.7. The molecule has 0 saturated carbocycles. The molecule has 2 rings (SSSR count). The van der Waals surface area contributed by atoms with Crippen LogP contribution >= 0.6 is 0 Å². The molecule has 0 aliphatic heterocycles. The van der Waals surface area contributed by atoms with Crippen molar-refractivity contribution < 1.29 is 23.1 Å². The molecule has 0 spiro atoms. The highest BCUT2D eigenvalue weighted by atomic mass is 19.4. The van der Waals surface area contributed by atoms with E-state index >= 15 is 0 Å². The molecule has 0 aliphatic carbocycles. The van der Waals surface area contributed by atoms with E-state index in [2.05, 4.69) is 5.32 Å². The molecule has 7 heteroatoms. The minimum atomic E-state index is -4.51. The number of aliphatic hydroxyl groups excluding tert-OH is 1. The molecular weight excluding hydrogens is 333 g/mol. The average molecular weight is 352 g/mol. The lowest BCUT2D eigenvalue weighted by atomic mass is 10.1. The molecule has 2 aromatic rings. The van der Waals surface area contributed by atoms with Gasteiger partial charge in [-0.2, -0.15) is 13.2 Å². The predicted molar refractivity (Wildman–Crippen MR) is 89.5 cm³/mol. The molecule has 2 aromatic carbocycles. The van der Waals surface area contributed by atoms with E-state index in [-0.39, 0.29) is 12.1 Å².